The van der Waals surface area contributed by atoms with Crippen molar-refractivity contribution in [3.8, 4) is 0 Å². The van der Waals surface area contributed by atoms with E-state index in [2.05, 4.69) is 6.92 Å². The molecule has 0 aliphatic heterocycles. The van der Waals surface area contributed by atoms with E-state index >= 15 is 0 Å². The van der Waals surface area contributed by atoms with E-state index in [1.807, 2.05) is 24.3 Å². The molecule has 1 atom stereocenters. The van der Waals surface area contributed by atoms with Gasteiger partial charge in [-0.15, -0.1) is 11.6 Å². The molecule has 0 saturated heterocycles. The maximum atomic E-state index is 6.01. The van der Waals surface area contributed by atoms with Gasteiger partial charge in [-0.2, -0.15) is 0 Å². The van der Waals surface area contributed by atoms with E-state index in [0.29, 0.717) is 0 Å². The van der Waals surface area contributed by atoms with Crippen molar-refractivity contribution in [2.45, 2.75) is 25.1 Å². The molecule has 1 rings (SSSR count). The zero-order valence-corrected chi connectivity index (χ0v) is 8.57. The Morgan fingerprint density at radius 2 is 1.83 bits per heavy atom. The second-order valence-corrected chi connectivity index (χ2v) is 3.89. The molecule has 1 unspecified atom stereocenters. The Morgan fingerprint density at radius 3 is 2.33 bits per heavy atom. The third kappa shape index (κ3) is 3.04. The maximum absolute atomic E-state index is 6.01. The van der Waals surface area contributed by atoms with Crippen molar-refractivity contribution in [3.63, 3.8) is 0 Å². The minimum absolute atomic E-state index is 0.242. The van der Waals surface area contributed by atoms with E-state index in [1.54, 1.807) is 0 Å². The fourth-order valence-electron chi connectivity index (χ4n) is 1.02. The molecule has 1 aromatic rings. The van der Waals surface area contributed by atoms with Crippen LogP contribution in [-0.4, -0.2) is 5.38 Å². The van der Waals surface area contributed by atoms with Gasteiger partial charge in [-0.3, -0.25) is 0 Å². The van der Waals surface area contributed by atoms with Gasteiger partial charge in [0, 0.05) is 10.4 Å². The summed E-state index contributed by atoms with van der Waals surface area (Å²) < 4.78 is 0. The molecule has 66 valence electrons. The summed E-state index contributed by atoms with van der Waals surface area (Å²) in [5.74, 6) is 0. The van der Waals surface area contributed by atoms with Crippen LogP contribution in [0.1, 0.15) is 18.9 Å². The Kier molecular flexibility index (Phi) is 3.90. The standard InChI is InChI=1S/C10H12Cl2/c1-2-9(11)7-8-3-5-10(12)6-4-8/h3-6,9H,2,7H2,1H3. The van der Waals surface area contributed by atoms with Gasteiger partial charge in [0.15, 0.2) is 0 Å². The van der Waals surface area contributed by atoms with Crippen molar-refractivity contribution < 1.29 is 0 Å². The molecule has 0 heterocycles. The first-order valence-corrected chi connectivity index (χ1v) is 4.92. The Balaban J connectivity index is 2.58. The van der Waals surface area contributed by atoms with E-state index in [-0.39, 0.29) is 5.38 Å². The number of alkyl halides is 1. The largest absolute Gasteiger partial charge is 0.123 e. The molecule has 0 aromatic heterocycles. The molecule has 2 heteroatoms. The van der Waals surface area contributed by atoms with Crippen molar-refractivity contribution in [3.05, 3.63) is 34.9 Å². The van der Waals surface area contributed by atoms with Crippen molar-refractivity contribution in [1.82, 2.24) is 0 Å². The van der Waals surface area contributed by atoms with Crippen LogP contribution in [0.15, 0.2) is 24.3 Å². The Hall–Kier alpha value is -0.200. The van der Waals surface area contributed by atoms with Crippen molar-refractivity contribution in [2.24, 2.45) is 0 Å². The second-order valence-electron chi connectivity index (χ2n) is 2.84. The molecule has 0 aliphatic rings. The molecule has 0 bridgehead atoms. The van der Waals surface area contributed by atoms with E-state index < -0.39 is 0 Å². The van der Waals surface area contributed by atoms with Crippen LogP contribution in [0.3, 0.4) is 0 Å². The molecule has 0 fully saturated rings. The van der Waals surface area contributed by atoms with E-state index in [9.17, 15) is 0 Å². The van der Waals surface area contributed by atoms with Crippen LogP contribution >= 0.6 is 23.2 Å². The zero-order valence-electron chi connectivity index (χ0n) is 7.06. The molecule has 0 N–H and O–H groups in total. The average molecular weight is 203 g/mol. The normalized spacial score (nSPS) is 12.9. The summed E-state index contributed by atoms with van der Waals surface area (Å²) in [5, 5.41) is 1.02. The topological polar surface area (TPSA) is 0 Å². The third-order valence-electron chi connectivity index (χ3n) is 1.81. The maximum Gasteiger partial charge on any atom is 0.0406 e. The summed E-state index contributed by atoms with van der Waals surface area (Å²) in [5.41, 5.74) is 1.25. The molecular weight excluding hydrogens is 191 g/mol. The smallest absolute Gasteiger partial charge is 0.0406 e. The summed E-state index contributed by atoms with van der Waals surface area (Å²) in [6.07, 6.45) is 1.93. The van der Waals surface area contributed by atoms with Gasteiger partial charge in [-0.25, -0.2) is 0 Å². The SMILES string of the molecule is CCC(Cl)Cc1ccc(Cl)cc1. The third-order valence-corrected chi connectivity index (χ3v) is 2.53. The number of hydrogen-bond donors (Lipinski definition) is 0. The predicted octanol–water partition coefficient (Wildman–Crippen LogP) is 3.90. The van der Waals surface area contributed by atoms with Crippen molar-refractivity contribution in [2.75, 3.05) is 0 Å². The first-order valence-electron chi connectivity index (χ1n) is 4.11. The summed E-state index contributed by atoms with van der Waals surface area (Å²) in [6.45, 7) is 2.09. The summed E-state index contributed by atoms with van der Waals surface area (Å²) in [4.78, 5) is 0. The molecule has 0 spiro atoms. The van der Waals surface area contributed by atoms with Gasteiger partial charge in [-0.05, 0) is 30.5 Å². The van der Waals surface area contributed by atoms with Gasteiger partial charge >= 0.3 is 0 Å². The van der Waals surface area contributed by atoms with E-state index in [0.717, 1.165) is 17.9 Å². The van der Waals surface area contributed by atoms with Crippen LogP contribution in [0.4, 0.5) is 0 Å². The van der Waals surface area contributed by atoms with Gasteiger partial charge in [0.1, 0.15) is 0 Å². The first-order chi connectivity index (χ1) is 5.72. The zero-order chi connectivity index (χ0) is 8.97. The lowest BCUT2D eigenvalue weighted by molar-refractivity contribution is 0.805. The summed E-state index contributed by atoms with van der Waals surface area (Å²) in [6, 6.07) is 7.84. The van der Waals surface area contributed by atoms with E-state index in [1.165, 1.54) is 5.56 Å². The van der Waals surface area contributed by atoms with Crippen LogP contribution in [0.5, 0.6) is 0 Å². The van der Waals surface area contributed by atoms with Crippen LogP contribution in [0.2, 0.25) is 5.02 Å². The number of hydrogen-bond acceptors (Lipinski definition) is 0. The fraction of sp³-hybridized carbons (Fsp3) is 0.400. The lowest BCUT2D eigenvalue weighted by Crippen LogP contribution is -2.00. The van der Waals surface area contributed by atoms with Gasteiger partial charge in [0.2, 0.25) is 0 Å². The number of halogens is 2. The molecule has 0 amide bonds. The van der Waals surface area contributed by atoms with Gasteiger partial charge in [0.05, 0.1) is 0 Å². The molecule has 12 heavy (non-hydrogen) atoms. The molecule has 0 saturated carbocycles. The highest BCUT2D eigenvalue weighted by atomic mass is 35.5. The van der Waals surface area contributed by atoms with Gasteiger partial charge in [-0.1, -0.05) is 30.7 Å². The van der Waals surface area contributed by atoms with Crippen molar-refractivity contribution in [1.29, 1.82) is 0 Å². The lowest BCUT2D eigenvalue weighted by Gasteiger charge is -2.05. The summed E-state index contributed by atoms with van der Waals surface area (Å²) in [7, 11) is 0. The Morgan fingerprint density at radius 1 is 1.25 bits per heavy atom. The minimum atomic E-state index is 0.242. The fourth-order valence-corrected chi connectivity index (χ4v) is 1.32. The Bertz CT molecular complexity index is 228. The lowest BCUT2D eigenvalue weighted by atomic mass is 10.1. The number of rotatable bonds is 3. The minimum Gasteiger partial charge on any atom is -0.123 e. The highest BCUT2D eigenvalue weighted by Crippen LogP contribution is 2.14. The summed E-state index contributed by atoms with van der Waals surface area (Å²) >= 11 is 11.8. The molecule has 1 aromatic carbocycles. The monoisotopic (exact) mass is 202 g/mol. The Labute approximate surface area is 83.5 Å². The molecule has 0 nitrogen and oxygen atoms in total. The van der Waals surface area contributed by atoms with Crippen LogP contribution in [-0.2, 0) is 6.42 Å². The van der Waals surface area contributed by atoms with Crippen LogP contribution < -0.4 is 0 Å². The van der Waals surface area contributed by atoms with Gasteiger partial charge in [0.25, 0.3) is 0 Å². The van der Waals surface area contributed by atoms with Crippen LogP contribution in [0.25, 0.3) is 0 Å². The highest BCUT2D eigenvalue weighted by molar-refractivity contribution is 6.30. The predicted molar refractivity (Wildman–Crippen MR) is 55.1 cm³/mol. The van der Waals surface area contributed by atoms with Gasteiger partial charge < -0.3 is 0 Å². The van der Waals surface area contributed by atoms with Crippen molar-refractivity contribution >= 4 is 23.2 Å². The first kappa shape index (κ1) is 9.88. The molecular formula is C10H12Cl2. The van der Waals surface area contributed by atoms with Crippen LogP contribution in [0, 0.1) is 0 Å². The van der Waals surface area contributed by atoms with E-state index in [4.69, 9.17) is 23.2 Å². The quantitative estimate of drug-likeness (QED) is 0.653. The average Bonchev–Trinajstić information content (AvgIpc) is 2.09. The second kappa shape index (κ2) is 4.74. The molecule has 0 radical (unpaired) electrons. The number of benzene rings is 1. The highest BCUT2D eigenvalue weighted by Gasteiger charge is 2.02. The molecule has 0 aliphatic carbocycles.